The maximum Gasteiger partial charge on any atom is 0.238 e. The van der Waals surface area contributed by atoms with Crippen LogP contribution in [0.5, 0.6) is 11.6 Å². The zero-order chi connectivity index (χ0) is 14.6. The van der Waals surface area contributed by atoms with E-state index in [2.05, 4.69) is 58.9 Å². The van der Waals surface area contributed by atoms with Gasteiger partial charge in [0.1, 0.15) is 5.75 Å². The summed E-state index contributed by atoms with van der Waals surface area (Å²) in [5, 5.41) is 11.6. The van der Waals surface area contributed by atoms with Crippen molar-refractivity contribution < 1.29 is 4.74 Å². The molecule has 2 aromatic rings. The lowest BCUT2D eigenvalue weighted by Gasteiger charge is -2.19. The third-order valence-electron chi connectivity index (χ3n) is 2.51. The van der Waals surface area contributed by atoms with Crippen LogP contribution in [0.1, 0.15) is 26.5 Å². The Hall–Kier alpha value is -1.21. The molecule has 1 heterocycles. The Labute approximate surface area is 133 Å². The summed E-state index contributed by atoms with van der Waals surface area (Å²) >= 11 is 2.25. The van der Waals surface area contributed by atoms with E-state index in [1.165, 1.54) is 0 Å². The highest BCUT2D eigenvalue weighted by atomic mass is 127. The van der Waals surface area contributed by atoms with Gasteiger partial charge in [0.2, 0.25) is 5.88 Å². The van der Waals surface area contributed by atoms with Crippen molar-refractivity contribution in [3.63, 3.8) is 0 Å². The van der Waals surface area contributed by atoms with E-state index in [1.54, 1.807) is 0 Å². The second kappa shape index (κ2) is 6.49. The van der Waals surface area contributed by atoms with E-state index >= 15 is 0 Å². The van der Waals surface area contributed by atoms with Gasteiger partial charge in [-0.2, -0.15) is 5.10 Å². The summed E-state index contributed by atoms with van der Waals surface area (Å²) in [5.74, 6) is 1.28. The fraction of sp³-hybridized carbons (Fsp3) is 0.333. The second-order valence-corrected chi connectivity index (χ2v) is 6.77. The number of rotatable bonds is 4. The monoisotopic (exact) mass is 383 g/mol. The van der Waals surface area contributed by atoms with Crippen LogP contribution in [0.2, 0.25) is 0 Å². The second-order valence-electron chi connectivity index (χ2n) is 5.53. The predicted octanol–water partition coefficient (Wildman–Crippen LogP) is 3.76. The normalized spacial score (nSPS) is 11.4. The molecular weight excluding hydrogens is 365 g/mol. The highest BCUT2D eigenvalue weighted by molar-refractivity contribution is 14.1. The van der Waals surface area contributed by atoms with E-state index in [0.717, 1.165) is 15.0 Å². The predicted molar refractivity (Wildman–Crippen MR) is 87.9 cm³/mol. The van der Waals surface area contributed by atoms with Gasteiger partial charge in [0.15, 0.2) is 0 Å². The third-order valence-corrected chi connectivity index (χ3v) is 3.18. The Morgan fingerprint density at radius 3 is 2.55 bits per heavy atom. The summed E-state index contributed by atoms with van der Waals surface area (Å²) in [7, 11) is 0. The Balaban J connectivity index is 1.98. The number of aromatic nitrogens is 2. The summed E-state index contributed by atoms with van der Waals surface area (Å²) < 4.78 is 6.78. The number of halogens is 1. The highest BCUT2D eigenvalue weighted by Gasteiger charge is 2.09. The molecule has 1 aromatic carbocycles. The van der Waals surface area contributed by atoms with Crippen LogP contribution in [0.25, 0.3) is 0 Å². The molecule has 106 valence electrons. The van der Waals surface area contributed by atoms with Gasteiger partial charge in [-0.3, -0.25) is 0 Å². The number of nitrogens with one attached hydrogen (secondary N) is 1. The number of ether oxygens (including phenoxy) is 1. The van der Waals surface area contributed by atoms with Crippen molar-refractivity contribution in [2.45, 2.75) is 32.9 Å². The van der Waals surface area contributed by atoms with Crippen molar-refractivity contribution in [1.29, 1.82) is 0 Å². The van der Waals surface area contributed by atoms with Gasteiger partial charge in [-0.05, 0) is 67.6 Å². The first-order chi connectivity index (χ1) is 9.42. The molecule has 0 aliphatic carbocycles. The van der Waals surface area contributed by atoms with Crippen molar-refractivity contribution in [3.8, 4) is 11.6 Å². The first kappa shape index (κ1) is 15.2. The Bertz CT molecular complexity index is 564. The molecule has 0 amide bonds. The van der Waals surface area contributed by atoms with E-state index in [1.807, 2.05) is 36.4 Å². The van der Waals surface area contributed by atoms with Crippen LogP contribution in [0, 0.1) is 3.57 Å². The van der Waals surface area contributed by atoms with Gasteiger partial charge in [0.25, 0.3) is 0 Å². The average Bonchev–Trinajstić information content (AvgIpc) is 2.37. The first-order valence-electron chi connectivity index (χ1n) is 6.43. The molecule has 0 unspecified atom stereocenters. The summed E-state index contributed by atoms with van der Waals surface area (Å²) in [6.45, 7) is 7.05. The molecule has 0 fully saturated rings. The molecule has 4 nitrogen and oxygen atoms in total. The van der Waals surface area contributed by atoms with Gasteiger partial charge in [0, 0.05) is 21.7 Å². The van der Waals surface area contributed by atoms with Crippen molar-refractivity contribution in [3.05, 3.63) is 45.7 Å². The first-order valence-corrected chi connectivity index (χ1v) is 7.51. The Morgan fingerprint density at radius 1 is 1.15 bits per heavy atom. The minimum absolute atomic E-state index is 0.0670. The zero-order valence-electron chi connectivity index (χ0n) is 11.9. The molecule has 0 aliphatic rings. The molecule has 0 atom stereocenters. The fourth-order valence-electron chi connectivity index (χ4n) is 1.50. The molecular formula is C15H18IN3O. The molecule has 0 radical (unpaired) electrons. The lowest BCUT2D eigenvalue weighted by Crippen LogP contribution is -2.35. The Morgan fingerprint density at radius 2 is 1.95 bits per heavy atom. The van der Waals surface area contributed by atoms with Crippen molar-refractivity contribution in [1.82, 2.24) is 15.5 Å². The topological polar surface area (TPSA) is 47.0 Å². The summed E-state index contributed by atoms with van der Waals surface area (Å²) in [6.07, 6.45) is 0. The van der Waals surface area contributed by atoms with Gasteiger partial charge in [-0.1, -0.05) is 6.07 Å². The lowest BCUT2D eigenvalue weighted by molar-refractivity contribution is 0.416. The average molecular weight is 383 g/mol. The van der Waals surface area contributed by atoms with Crippen molar-refractivity contribution >= 4 is 22.6 Å². The molecule has 2 rings (SSSR count). The van der Waals surface area contributed by atoms with E-state index in [4.69, 9.17) is 4.74 Å². The number of hydrogen-bond donors (Lipinski definition) is 1. The SMILES string of the molecule is CC(C)(C)NCc1ccc(Oc2cccc(I)c2)nn1. The van der Waals surface area contributed by atoms with Crippen LogP contribution in [0.3, 0.4) is 0 Å². The van der Waals surface area contributed by atoms with Gasteiger partial charge < -0.3 is 10.1 Å². The maximum absolute atomic E-state index is 5.66. The highest BCUT2D eigenvalue weighted by Crippen LogP contribution is 2.20. The van der Waals surface area contributed by atoms with E-state index in [9.17, 15) is 0 Å². The molecule has 0 saturated heterocycles. The van der Waals surface area contributed by atoms with Gasteiger partial charge in [-0.25, -0.2) is 0 Å². The molecule has 0 bridgehead atoms. The maximum atomic E-state index is 5.66. The van der Waals surface area contributed by atoms with Crippen molar-refractivity contribution in [2.75, 3.05) is 0 Å². The van der Waals surface area contributed by atoms with Crippen molar-refractivity contribution in [2.24, 2.45) is 0 Å². The number of hydrogen-bond acceptors (Lipinski definition) is 4. The van der Waals surface area contributed by atoms with Crippen LogP contribution in [-0.4, -0.2) is 15.7 Å². The van der Waals surface area contributed by atoms with Gasteiger partial charge in [-0.15, -0.1) is 5.10 Å². The number of nitrogens with zero attached hydrogens (tertiary/aromatic N) is 2. The van der Waals surface area contributed by atoms with Crippen LogP contribution in [0.4, 0.5) is 0 Å². The standard InChI is InChI=1S/C15H18IN3O/c1-15(2,3)17-10-12-7-8-14(19-18-12)20-13-6-4-5-11(16)9-13/h4-9,17H,10H2,1-3H3. The van der Waals surface area contributed by atoms with Crippen LogP contribution in [0.15, 0.2) is 36.4 Å². The molecule has 0 aliphatic heterocycles. The third kappa shape index (κ3) is 5.05. The Kier molecular flexibility index (Phi) is 4.93. The quantitative estimate of drug-likeness (QED) is 0.817. The molecule has 0 saturated carbocycles. The minimum atomic E-state index is 0.0670. The molecule has 20 heavy (non-hydrogen) atoms. The molecule has 5 heteroatoms. The van der Waals surface area contributed by atoms with Crippen LogP contribution >= 0.6 is 22.6 Å². The summed E-state index contributed by atoms with van der Waals surface area (Å²) in [5.41, 5.74) is 0.965. The van der Waals surface area contributed by atoms with Gasteiger partial charge in [0.05, 0.1) is 5.69 Å². The van der Waals surface area contributed by atoms with Crippen LogP contribution in [-0.2, 0) is 6.54 Å². The molecule has 1 N–H and O–H groups in total. The van der Waals surface area contributed by atoms with E-state index in [0.29, 0.717) is 12.4 Å². The van der Waals surface area contributed by atoms with Crippen LogP contribution < -0.4 is 10.1 Å². The minimum Gasteiger partial charge on any atom is -0.437 e. The lowest BCUT2D eigenvalue weighted by atomic mass is 10.1. The smallest absolute Gasteiger partial charge is 0.238 e. The zero-order valence-corrected chi connectivity index (χ0v) is 14.0. The molecule has 0 spiro atoms. The molecule has 1 aromatic heterocycles. The van der Waals surface area contributed by atoms with Gasteiger partial charge >= 0.3 is 0 Å². The largest absolute Gasteiger partial charge is 0.437 e. The summed E-state index contributed by atoms with van der Waals surface area (Å²) in [4.78, 5) is 0. The number of benzene rings is 1. The fourth-order valence-corrected chi connectivity index (χ4v) is 2.02. The van der Waals surface area contributed by atoms with E-state index in [-0.39, 0.29) is 5.54 Å². The van der Waals surface area contributed by atoms with E-state index < -0.39 is 0 Å². The summed E-state index contributed by atoms with van der Waals surface area (Å²) in [6, 6.07) is 11.6.